The molecular weight excluding hydrogens is 228 g/mol. The van der Waals surface area contributed by atoms with Crippen LogP contribution in [-0.4, -0.2) is 11.5 Å². The lowest BCUT2D eigenvalue weighted by atomic mass is 10.3. The fourth-order valence-electron chi connectivity index (χ4n) is 1.28. The third-order valence-electron chi connectivity index (χ3n) is 1.97. The Kier molecular flexibility index (Phi) is 3.59. The van der Waals surface area contributed by atoms with Crippen LogP contribution >= 0.6 is 22.9 Å². The van der Waals surface area contributed by atoms with E-state index < -0.39 is 0 Å². The monoisotopic (exact) mass is 238 g/mol. The topological polar surface area (TPSA) is 24.9 Å². The maximum Gasteiger partial charge on any atom is 0.131 e. The van der Waals surface area contributed by atoms with Crippen molar-refractivity contribution in [2.24, 2.45) is 0 Å². The smallest absolute Gasteiger partial charge is 0.131 e. The number of hydrogen-bond acceptors (Lipinski definition) is 3. The van der Waals surface area contributed by atoms with Crippen molar-refractivity contribution < 1.29 is 0 Å². The summed E-state index contributed by atoms with van der Waals surface area (Å²) in [7, 11) is 0. The highest BCUT2D eigenvalue weighted by Gasteiger charge is 1.96. The number of pyridine rings is 1. The zero-order chi connectivity index (χ0) is 10.5. The first-order chi connectivity index (χ1) is 7.34. The first-order valence-electron chi connectivity index (χ1n) is 4.73. The molecule has 0 unspecified atom stereocenters. The van der Waals surface area contributed by atoms with Crippen molar-refractivity contribution in [3.63, 3.8) is 0 Å². The average molecular weight is 239 g/mol. The van der Waals surface area contributed by atoms with Gasteiger partial charge in [0.05, 0.1) is 0 Å². The molecule has 2 heterocycles. The lowest BCUT2D eigenvalue weighted by Crippen LogP contribution is -2.05. The molecule has 2 rings (SSSR count). The molecule has 0 aromatic carbocycles. The minimum atomic E-state index is 0.524. The largest absolute Gasteiger partial charge is 0.370 e. The molecule has 4 heteroatoms. The van der Waals surface area contributed by atoms with E-state index in [0.717, 1.165) is 18.8 Å². The molecule has 15 heavy (non-hydrogen) atoms. The van der Waals surface area contributed by atoms with Crippen LogP contribution in [0.4, 0.5) is 5.82 Å². The molecule has 2 aromatic heterocycles. The van der Waals surface area contributed by atoms with Crippen LogP contribution in [0, 0.1) is 0 Å². The van der Waals surface area contributed by atoms with Crippen molar-refractivity contribution in [2.75, 3.05) is 11.9 Å². The number of thiophene rings is 1. The molecule has 2 aromatic rings. The van der Waals surface area contributed by atoms with Crippen LogP contribution in [0.25, 0.3) is 0 Å². The van der Waals surface area contributed by atoms with Crippen LogP contribution < -0.4 is 5.32 Å². The van der Waals surface area contributed by atoms with Gasteiger partial charge in [0.1, 0.15) is 11.0 Å². The normalized spacial score (nSPS) is 10.2. The third kappa shape index (κ3) is 3.22. The first kappa shape index (κ1) is 10.5. The molecule has 2 nitrogen and oxygen atoms in total. The SMILES string of the molecule is Clc1cccc(NCCc2cccs2)n1. The average Bonchev–Trinajstić information content (AvgIpc) is 2.71. The summed E-state index contributed by atoms with van der Waals surface area (Å²) in [5.41, 5.74) is 0. The second-order valence-electron chi connectivity index (χ2n) is 3.10. The Morgan fingerprint density at radius 1 is 1.27 bits per heavy atom. The Labute approximate surface area is 97.9 Å². The lowest BCUT2D eigenvalue weighted by molar-refractivity contribution is 1.03. The van der Waals surface area contributed by atoms with Gasteiger partial charge in [0.2, 0.25) is 0 Å². The maximum absolute atomic E-state index is 5.77. The molecule has 0 radical (unpaired) electrons. The minimum absolute atomic E-state index is 0.524. The third-order valence-corrected chi connectivity index (χ3v) is 3.12. The van der Waals surface area contributed by atoms with E-state index in [9.17, 15) is 0 Å². The Morgan fingerprint density at radius 3 is 2.93 bits per heavy atom. The van der Waals surface area contributed by atoms with Gasteiger partial charge in [-0.15, -0.1) is 11.3 Å². The van der Waals surface area contributed by atoms with Crippen molar-refractivity contribution >= 4 is 28.8 Å². The van der Waals surface area contributed by atoms with E-state index in [4.69, 9.17) is 11.6 Å². The molecule has 0 saturated heterocycles. The number of hydrogen-bond donors (Lipinski definition) is 1. The van der Waals surface area contributed by atoms with Gasteiger partial charge in [-0.05, 0) is 30.0 Å². The number of rotatable bonds is 4. The minimum Gasteiger partial charge on any atom is -0.370 e. The van der Waals surface area contributed by atoms with Crippen LogP contribution in [0.15, 0.2) is 35.7 Å². The highest BCUT2D eigenvalue weighted by Crippen LogP contribution is 2.11. The summed E-state index contributed by atoms with van der Waals surface area (Å²) in [5, 5.41) is 5.85. The van der Waals surface area contributed by atoms with E-state index in [0.29, 0.717) is 5.15 Å². The Hall–Kier alpha value is -1.06. The van der Waals surface area contributed by atoms with Crippen LogP contribution in [0.5, 0.6) is 0 Å². The summed E-state index contributed by atoms with van der Waals surface area (Å²) >= 11 is 7.55. The van der Waals surface area contributed by atoms with Gasteiger partial charge in [0.15, 0.2) is 0 Å². The van der Waals surface area contributed by atoms with E-state index in [1.165, 1.54) is 4.88 Å². The predicted octanol–water partition coefficient (Wildman–Crippen LogP) is 3.45. The fraction of sp³-hybridized carbons (Fsp3) is 0.182. The fourth-order valence-corrected chi connectivity index (χ4v) is 2.15. The molecule has 0 fully saturated rings. The Morgan fingerprint density at radius 2 is 2.20 bits per heavy atom. The Bertz CT molecular complexity index is 414. The molecule has 0 aliphatic rings. The summed E-state index contributed by atoms with van der Waals surface area (Å²) in [4.78, 5) is 5.53. The second-order valence-corrected chi connectivity index (χ2v) is 4.52. The van der Waals surface area contributed by atoms with Crippen LogP contribution in [-0.2, 0) is 6.42 Å². The maximum atomic E-state index is 5.77. The zero-order valence-corrected chi connectivity index (χ0v) is 9.68. The van der Waals surface area contributed by atoms with Gasteiger partial charge in [-0.2, -0.15) is 0 Å². The first-order valence-corrected chi connectivity index (χ1v) is 5.99. The van der Waals surface area contributed by atoms with Crippen LogP contribution in [0.3, 0.4) is 0 Å². The van der Waals surface area contributed by atoms with Crippen LogP contribution in [0.2, 0.25) is 5.15 Å². The highest BCUT2D eigenvalue weighted by atomic mass is 35.5. The number of nitrogens with zero attached hydrogens (tertiary/aromatic N) is 1. The molecule has 1 N–H and O–H groups in total. The van der Waals surface area contributed by atoms with Crippen molar-refractivity contribution in [3.8, 4) is 0 Å². The quantitative estimate of drug-likeness (QED) is 0.826. The molecule has 0 atom stereocenters. The summed E-state index contributed by atoms with van der Waals surface area (Å²) in [6, 6.07) is 9.78. The van der Waals surface area contributed by atoms with E-state index in [2.05, 4.69) is 27.8 Å². The molecule has 0 amide bonds. The summed E-state index contributed by atoms with van der Waals surface area (Å²) in [5.74, 6) is 0.832. The molecule has 78 valence electrons. The van der Waals surface area contributed by atoms with Gasteiger partial charge in [-0.1, -0.05) is 23.7 Å². The molecular formula is C11H11ClN2S. The van der Waals surface area contributed by atoms with E-state index in [1.807, 2.05) is 12.1 Å². The van der Waals surface area contributed by atoms with Gasteiger partial charge in [0.25, 0.3) is 0 Å². The van der Waals surface area contributed by atoms with Crippen molar-refractivity contribution in [1.29, 1.82) is 0 Å². The van der Waals surface area contributed by atoms with Gasteiger partial charge < -0.3 is 5.32 Å². The standard InChI is InChI=1S/C11H11ClN2S/c12-10-4-1-5-11(14-10)13-7-6-9-3-2-8-15-9/h1-5,8H,6-7H2,(H,13,14). The predicted molar refractivity (Wildman–Crippen MR) is 65.8 cm³/mol. The van der Waals surface area contributed by atoms with Gasteiger partial charge in [-0.3, -0.25) is 0 Å². The van der Waals surface area contributed by atoms with Gasteiger partial charge >= 0.3 is 0 Å². The molecule has 0 bridgehead atoms. The molecule has 0 spiro atoms. The van der Waals surface area contributed by atoms with Gasteiger partial charge in [0, 0.05) is 11.4 Å². The van der Waals surface area contributed by atoms with Crippen molar-refractivity contribution in [2.45, 2.75) is 6.42 Å². The van der Waals surface area contributed by atoms with E-state index in [-0.39, 0.29) is 0 Å². The number of aromatic nitrogens is 1. The number of nitrogens with one attached hydrogen (secondary N) is 1. The van der Waals surface area contributed by atoms with E-state index in [1.54, 1.807) is 17.4 Å². The zero-order valence-electron chi connectivity index (χ0n) is 8.11. The number of anilines is 1. The van der Waals surface area contributed by atoms with Crippen molar-refractivity contribution in [3.05, 3.63) is 45.7 Å². The van der Waals surface area contributed by atoms with Gasteiger partial charge in [-0.25, -0.2) is 4.98 Å². The van der Waals surface area contributed by atoms with E-state index >= 15 is 0 Å². The highest BCUT2D eigenvalue weighted by molar-refractivity contribution is 7.09. The summed E-state index contributed by atoms with van der Waals surface area (Å²) in [6.45, 7) is 0.883. The molecule has 0 aliphatic heterocycles. The Balaban J connectivity index is 1.83. The second kappa shape index (κ2) is 5.14. The molecule has 0 aliphatic carbocycles. The summed E-state index contributed by atoms with van der Waals surface area (Å²) in [6.07, 6.45) is 1.02. The van der Waals surface area contributed by atoms with Crippen molar-refractivity contribution in [1.82, 2.24) is 4.98 Å². The lowest BCUT2D eigenvalue weighted by Gasteiger charge is -2.04. The van der Waals surface area contributed by atoms with Crippen LogP contribution in [0.1, 0.15) is 4.88 Å². The summed E-state index contributed by atoms with van der Waals surface area (Å²) < 4.78 is 0. The number of halogens is 1. The molecule has 0 saturated carbocycles.